The first-order valence-corrected chi connectivity index (χ1v) is 7.86. The molecule has 0 bridgehead atoms. The second-order valence-electron chi connectivity index (χ2n) is 5.85. The fourth-order valence-electron chi connectivity index (χ4n) is 2.93. The lowest BCUT2D eigenvalue weighted by molar-refractivity contribution is -0.145. The first-order valence-electron chi connectivity index (χ1n) is 7.86. The average Bonchev–Trinajstić information content (AvgIpc) is 2.49. The maximum absolute atomic E-state index is 12.0. The minimum Gasteiger partial charge on any atom is -0.480 e. The van der Waals surface area contributed by atoms with E-state index >= 15 is 0 Å². The van der Waals surface area contributed by atoms with Crippen LogP contribution in [-0.2, 0) is 16.0 Å². The molecule has 0 saturated carbocycles. The molecule has 1 amide bonds. The normalized spacial score (nSPS) is 18.9. The van der Waals surface area contributed by atoms with Gasteiger partial charge >= 0.3 is 5.97 Å². The zero-order valence-electron chi connectivity index (χ0n) is 13.0. The van der Waals surface area contributed by atoms with Crippen molar-refractivity contribution in [1.29, 1.82) is 0 Å². The van der Waals surface area contributed by atoms with Gasteiger partial charge in [-0.15, -0.1) is 0 Å². The molecule has 1 heterocycles. The zero-order chi connectivity index (χ0) is 15.9. The Balaban J connectivity index is 1.78. The molecule has 5 heteroatoms. The van der Waals surface area contributed by atoms with Gasteiger partial charge in [0.2, 0.25) is 5.91 Å². The van der Waals surface area contributed by atoms with Crippen LogP contribution in [0.1, 0.15) is 30.4 Å². The summed E-state index contributed by atoms with van der Waals surface area (Å²) < 4.78 is 0. The van der Waals surface area contributed by atoms with E-state index in [1.165, 1.54) is 11.1 Å². The van der Waals surface area contributed by atoms with Crippen LogP contribution in [0.2, 0.25) is 0 Å². The monoisotopic (exact) mass is 304 g/mol. The summed E-state index contributed by atoms with van der Waals surface area (Å²) in [5, 5.41) is 12.1. The van der Waals surface area contributed by atoms with Crippen molar-refractivity contribution in [2.75, 3.05) is 19.6 Å². The van der Waals surface area contributed by atoms with Crippen LogP contribution < -0.4 is 5.32 Å². The molecule has 0 radical (unpaired) electrons. The lowest BCUT2D eigenvalue weighted by atomic mass is 10.0. The van der Waals surface area contributed by atoms with Gasteiger partial charge in [-0.2, -0.15) is 0 Å². The quantitative estimate of drug-likeness (QED) is 0.837. The number of carboxylic acid groups (broad SMARTS) is 1. The summed E-state index contributed by atoms with van der Waals surface area (Å²) >= 11 is 0. The molecule has 1 aromatic rings. The zero-order valence-corrected chi connectivity index (χ0v) is 13.0. The van der Waals surface area contributed by atoms with E-state index in [9.17, 15) is 14.7 Å². The maximum atomic E-state index is 12.0. The molecule has 1 aliphatic heterocycles. The number of benzene rings is 1. The number of nitrogens with zero attached hydrogens (tertiary/aromatic N) is 1. The number of aryl methyl sites for hydroxylation is 1. The number of hydrogen-bond donors (Lipinski definition) is 2. The highest BCUT2D eigenvalue weighted by Crippen LogP contribution is 2.16. The number of amides is 1. The summed E-state index contributed by atoms with van der Waals surface area (Å²) in [6.07, 6.45) is 3.30. The minimum atomic E-state index is -0.826. The Morgan fingerprint density at radius 3 is 2.82 bits per heavy atom. The molecule has 0 aliphatic carbocycles. The van der Waals surface area contributed by atoms with Crippen LogP contribution in [0, 0.1) is 6.92 Å². The lowest BCUT2D eigenvalue weighted by Gasteiger charge is -2.32. The van der Waals surface area contributed by atoms with Crippen LogP contribution in [0.3, 0.4) is 0 Å². The molecule has 120 valence electrons. The molecule has 1 unspecified atom stereocenters. The van der Waals surface area contributed by atoms with Crippen molar-refractivity contribution in [1.82, 2.24) is 10.2 Å². The van der Waals surface area contributed by atoms with E-state index in [2.05, 4.69) is 24.4 Å². The third kappa shape index (κ3) is 4.56. The summed E-state index contributed by atoms with van der Waals surface area (Å²) in [5.41, 5.74) is 2.45. The largest absolute Gasteiger partial charge is 0.480 e. The number of carbonyl (C=O) groups is 2. The molecule has 22 heavy (non-hydrogen) atoms. The number of aliphatic carboxylic acids is 1. The Morgan fingerprint density at radius 1 is 1.32 bits per heavy atom. The van der Waals surface area contributed by atoms with E-state index in [-0.39, 0.29) is 12.5 Å². The molecule has 1 atom stereocenters. The maximum Gasteiger partial charge on any atom is 0.320 e. The van der Waals surface area contributed by atoms with Gasteiger partial charge in [0, 0.05) is 6.54 Å². The summed E-state index contributed by atoms with van der Waals surface area (Å²) in [7, 11) is 0. The van der Waals surface area contributed by atoms with Gasteiger partial charge in [0.1, 0.15) is 6.04 Å². The Bertz CT molecular complexity index is 530. The van der Waals surface area contributed by atoms with Crippen LogP contribution in [0.4, 0.5) is 0 Å². The third-order valence-corrected chi connectivity index (χ3v) is 4.22. The molecule has 0 aromatic heterocycles. The molecule has 0 spiro atoms. The predicted octanol–water partition coefficient (Wildman–Crippen LogP) is 1.59. The van der Waals surface area contributed by atoms with Gasteiger partial charge in [0.25, 0.3) is 0 Å². The van der Waals surface area contributed by atoms with Gasteiger partial charge in [0.05, 0.1) is 6.54 Å². The average molecular weight is 304 g/mol. The van der Waals surface area contributed by atoms with E-state index in [4.69, 9.17) is 0 Å². The molecule has 2 rings (SSSR count). The van der Waals surface area contributed by atoms with Gasteiger partial charge in [-0.3, -0.25) is 14.5 Å². The highest BCUT2D eigenvalue weighted by molar-refractivity contribution is 5.80. The molecule has 1 saturated heterocycles. The number of rotatable bonds is 6. The third-order valence-electron chi connectivity index (χ3n) is 4.22. The number of likely N-dealkylation sites (tertiary alicyclic amines) is 1. The van der Waals surface area contributed by atoms with Crippen LogP contribution in [0.5, 0.6) is 0 Å². The first-order chi connectivity index (χ1) is 10.6. The molecule has 5 nitrogen and oxygen atoms in total. The van der Waals surface area contributed by atoms with Crippen molar-refractivity contribution in [2.45, 2.75) is 38.6 Å². The van der Waals surface area contributed by atoms with Crippen molar-refractivity contribution in [3.63, 3.8) is 0 Å². The van der Waals surface area contributed by atoms with Gasteiger partial charge in [-0.25, -0.2) is 0 Å². The molecule has 1 aromatic carbocycles. The van der Waals surface area contributed by atoms with Gasteiger partial charge in [-0.1, -0.05) is 30.7 Å². The van der Waals surface area contributed by atoms with Crippen LogP contribution >= 0.6 is 0 Å². The second-order valence-corrected chi connectivity index (χ2v) is 5.85. The van der Waals surface area contributed by atoms with E-state index in [0.29, 0.717) is 19.5 Å². The fourth-order valence-corrected chi connectivity index (χ4v) is 2.93. The summed E-state index contributed by atoms with van der Waals surface area (Å²) in [4.78, 5) is 25.0. The topological polar surface area (TPSA) is 69.6 Å². The standard InChI is InChI=1S/C17H24N2O3/c1-13-6-2-3-7-14(13)9-10-18-16(20)12-19-11-5-4-8-15(19)17(21)22/h2-3,6-7,15H,4-5,8-12H2,1H3,(H,18,20)(H,21,22). The Kier molecular flexibility index (Phi) is 5.95. The molecular weight excluding hydrogens is 280 g/mol. The van der Waals surface area contributed by atoms with Crippen molar-refractivity contribution < 1.29 is 14.7 Å². The van der Waals surface area contributed by atoms with Crippen molar-refractivity contribution >= 4 is 11.9 Å². The Hall–Kier alpha value is -1.88. The number of piperidine rings is 1. The summed E-state index contributed by atoms with van der Waals surface area (Å²) in [6, 6.07) is 7.60. The van der Waals surface area contributed by atoms with Crippen molar-refractivity contribution in [3.05, 3.63) is 35.4 Å². The molecule has 2 N–H and O–H groups in total. The van der Waals surface area contributed by atoms with Crippen molar-refractivity contribution in [2.24, 2.45) is 0 Å². The highest BCUT2D eigenvalue weighted by Gasteiger charge is 2.29. The predicted molar refractivity (Wildman–Crippen MR) is 84.7 cm³/mol. The van der Waals surface area contributed by atoms with E-state index < -0.39 is 12.0 Å². The lowest BCUT2D eigenvalue weighted by Crippen LogP contribution is -2.49. The van der Waals surface area contributed by atoms with E-state index in [1.807, 2.05) is 12.1 Å². The van der Waals surface area contributed by atoms with Gasteiger partial charge < -0.3 is 10.4 Å². The SMILES string of the molecule is Cc1ccccc1CCNC(=O)CN1CCCCC1C(=O)O. The van der Waals surface area contributed by atoms with Crippen LogP contribution in [-0.4, -0.2) is 47.6 Å². The van der Waals surface area contributed by atoms with E-state index in [0.717, 1.165) is 19.3 Å². The fraction of sp³-hybridized carbons (Fsp3) is 0.529. The Morgan fingerprint density at radius 2 is 2.09 bits per heavy atom. The summed E-state index contributed by atoms with van der Waals surface area (Å²) in [6.45, 7) is 3.49. The van der Waals surface area contributed by atoms with Crippen LogP contribution in [0.25, 0.3) is 0 Å². The smallest absolute Gasteiger partial charge is 0.320 e. The molecule has 1 aliphatic rings. The number of nitrogens with one attached hydrogen (secondary N) is 1. The number of carboxylic acids is 1. The van der Waals surface area contributed by atoms with E-state index in [1.54, 1.807) is 4.90 Å². The van der Waals surface area contributed by atoms with Gasteiger partial charge in [0.15, 0.2) is 0 Å². The van der Waals surface area contributed by atoms with Crippen molar-refractivity contribution in [3.8, 4) is 0 Å². The first kappa shape index (κ1) is 16.5. The van der Waals surface area contributed by atoms with Crippen LogP contribution in [0.15, 0.2) is 24.3 Å². The highest BCUT2D eigenvalue weighted by atomic mass is 16.4. The minimum absolute atomic E-state index is 0.0956. The summed E-state index contributed by atoms with van der Waals surface area (Å²) in [5.74, 6) is -0.922. The Labute approximate surface area is 131 Å². The number of hydrogen-bond acceptors (Lipinski definition) is 3. The van der Waals surface area contributed by atoms with Gasteiger partial charge in [-0.05, 0) is 43.9 Å². The second kappa shape index (κ2) is 7.94. The molecule has 1 fully saturated rings. The number of carbonyl (C=O) groups excluding carboxylic acids is 1. The molecular formula is C17H24N2O3.